The molecule has 0 aliphatic carbocycles. The quantitative estimate of drug-likeness (QED) is 0.160. The summed E-state index contributed by atoms with van der Waals surface area (Å²) in [4.78, 5) is 0. The summed E-state index contributed by atoms with van der Waals surface area (Å²) in [6, 6.07) is 76.5. The highest BCUT2D eigenvalue weighted by atomic mass is 16.5. The Hall–Kier alpha value is -7.42. The highest BCUT2D eigenvalue weighted by molar-refractivity contribution is 6.00. The molecule has 9 aromatic carbocycles. The van der Waals surface area contributed by atoms with Crippen molar-refractivity contribution in [2.45, 2.75) is 0 Å². The van der Waals surface area contributed by atoms with E-state index >= 15 is 0 Å². The number of rotatable bonds is 9. The smallest absolute Gasteiger partial charge is 0.123 e. The lowest BCUT2D eigenvalue weighted by atomic mass is 9.84. The Balaban J connectivity index is 1.12. The predicted octanol–water partition coefficient (Wildman–Crippen LogP) is 14.7. The zero-order valence-electron chi connectivity index (χ0n) is 31.6. The van der Waals surface area contributed by atoms with Gasteiger partial charge in [-0.1, -0.05) is 200 Å². The van der Waals surface area contributed by atoms with Gasteiger partial charge in [-0.3, -0.25) is 0 Å². The van der Waals surface area contributed by atoms with Crippen LogP contribution >= 0.6 is 0 Å². The fourth-order valence-electron chi connectivity index (χ4n) is 8.07. The molecule has 0 atom stereocenters. The third-order valence-corrected chi connectivity index (χ3v) is 10.8. The van der Waals surface area contributed by atoms with Gasteiger partial charge in [-0.2, -0.15) is 0 Å². The van der Waals surface area contributed by atoms with Crippen LogP contribution in [0.3, 0.4) is 0 Å². The second-order valence-corrected chi connectivity index (χ2v) is 14.1. The highest BCUT2D eigenvalue weighted by Gasteiger charge is 2.19. The molecule has 2 heteroatoms. The van der Waals surface area contributed by atoms with Crippen LogP contribution in [0.4, 0.5) is 0 Å². The lowest BCUT2D eigenvalue weighted by molar-refractivity contribution is 0.415. The van der Waals surface area contributed by atoms with Crippen molar-refractivity contribution in [2.75, 3.05) is 7.11 Å². The van der Waals surface area contributed by atoms with Crippen molar-refractivity contribution in [1.29, 1.82) is 0 Å². The molecule has 57 heavy (non-hydrogen) atoms. The van der Waals surface area contributed by atoms with E-state index in [9.17, 15) is 5.11 Å². The van der Waals surface area contributed by atoms with Gasteiger partial charge >= 0.3 is 0 Å². The van der Waals surface area contributed by atoms with Crippen molar-refractivity contribution in [3.8, 4) is 101 Å². The van der Waals surface area contributed by atoms with E-state index in [4.69, 9.17) is 4.74 Å². The zero-order valence-corrected chi connectivity index (χ0v) is 31.6. The Morgan fingerprint density at radius 2 is 0.456 bits per heavy atom. The molecule has 0 amide bonds. The molecule has 0 unspecified atom stereocenters. The first-order valence-corrected chi connectivity index (χ1v) is 19.3. The number of aromatic hydroxyl groups is 1. The first-order valence-electron chi connectivity index (χ1n) is 19.3. The Morgan fingerprint density at radius 1 is 0.246 bits per heavy atom. The molecule has 1 N–H and O–H groups in total. The molecule has 0 aliphatic rings. The molecule has 0 fully saturated rings. The van der Waals surface area contributed by atoms with Crippen LogP contribution in [0.5, 0.6) is 11.5 Å². The van der Waals surface area contributed by atoms with E-state index < -0.39 is 0 Å². The van der Waals surface area contributed by atoms with Crippen molar-refractivity contribution in [3.05, 3.63) is 218 Å². The number of phenols is 1. The summed E-state index contributed by atoms with van der Waals surface area (Å²) in [6.07, 6.45) is 0. The van der Waals surface area contributed by atoms with E-state index in [1.165, 1.54) is 50.1 Å². The van der Waals surface area contributed by atoms with E-state index in [1.54, 1.807) is 13.2 Å². The van der Waals surface area contributed by atoms with Gasteiger partial charge in [0.05, 0.1) is 7.11 Å². The van der Waals surface area contributed by atoms with E-state index in [1.807, 2.05) is 36.4 Å². The summed E-state index contributed by atoms with van der Waals surface area (Å²) in [5.41, 5.74) is 18.0. The maximum atomic E-state index is 10.7. The van der Waals surface area contributed by atoms with Crippen LogP contribution in [0.15, 0.2) is 218 Å². The van der Waals surface area contributed by atoms with E-state index in [-0.39, 0.29) is 5.75 Å². The van der Waals surface area contributed by atoms with Crippen LogP contribution < -0.4 is 4.74 Å². The van der Waals surface area contributed by atoms with Crippen molar-refractivity contribution >= 4 is 0 Å². The standard InChI is InChI=1S/C55H40O2/c1-57-41-36-34-40(35-37-41)43-17-3-6-20-46(43)49-23-9-11-25-51(49)53-27-13-12-26-52(53)50-24-10-8-22-48(50)45-19-5-2-16-42(45)38-30-32-39(33-31-38)44-18-4-7-21-47(44)54-28-14-15-29-55(54)56/h2-37,56H,1H3. The molecular formula is C55H40O2. The lowest BCUT2D eigenvalue weighted by Crippen LogP contribution is -1.93. The average Bonchev–Trinajstić information content (AvgIpc) is 3.29. The van der Waals surface area contributed by atoms with Crippen molar-refractivity contribution < 1.29 is 9.84 Å². The Morgan fingerprint density at radius 3 is 0.737 bits per heavy atom. The van der Waals surface area contributed by atoms with Gasteiger partial charge < -0.3 is 9.84 Å². The van der Waals surface area contributed by atoms with Gasteiger partial charge in [-0.15, -0.1) is 0 Å². The SMILES string of the molecule is COc1ccc(-c2ccccc2-c2ccccc2-c2ccccc2-c2ccccc2-c2ccccc2-c2ccc(-c3ccccc3-c3ccccc3O)cc2)cc1. The topological polar surface area (TPSA) is 29.5 Å². The van der Waals surface area contributed by atoms with Crippen molar-refractivity contribution in [3.63, 3.8) is 0 Å². The Bertz CT molecular complexity index is 2830. The van der Waals surface area contributed by atoms with Gasteiger partial charge in [-0.05, 0) is 102 Å². The summed E-state index contributed by atoms with van der Waals surface area (Å²) in [6.45, 7) is 0. The second kappa shape index (κ2) is 15.7. The molecule has 9 rings (SSSR count). The maximum Gasteiger partial charge on any atom is 0.123 e. The molecule has 0 heterocycles. The number of phenolic OH excluding ortho intramolecular Hbond substituents is 1. The van der Waals surface area contributed by atoms with Gasteiger partial charge in [0, 0.05) is 5.56 Å². The first-order chi connectivity index (χ1) is 28.2. The predicted molar refractivity (Wildman–Crippen MR) is 238 cm³/mol. The molecule has 0 spiro atoms. The summed E-state index contributed by atoms with van der Waals surface area (Å²) < 4.78 is 5.46. The van der Waals surface area contributed by atoms with E-state index in [0.717, 1.165) is 44.7 Å². The average molecular weight is 733 g/mol. The molecule has 9 aromatic rings. The largest absolute Gasteiger partial charge is 0.507 e. The Labute approximate surface area is 334 Å². The third kappa shape index (κ3) is 6.90. The zero-order chi connectivity index (χ0) is 38.6. The molecular weight excluding hydrogens is 693 g/mol. The van der Waals surface area contributed by atoms with Crippen LogP contribution in [0.25, 0.3) is 89.0 Å². The van der Waals surface area contributed by atoms with Gasteiger partial charge in [0.1, 0.15) is 11.5 Å². The fraction of sp³-hybridized carbons (Fsp3) is 0.0182. The Kier molecular flexibility index (Phi) is 9.75. The van der Waals surface area contributed by atoms with E-state index in [2.05, 4.69) is 176 Å². The summed E-state index contributed by atoms with van der Waals surface area (Å²) in [7, 11) is 1.70. The molecule has 0 bridgehead atoms. The monoisotopic (exact) mass is 732 g/mol. The van der Waals surface area contributed by atoms with Crippen molar-refractivity contribution in [1.82, 2.24) is 0 Å². The molecule has 0 saturated heterocycles. The molecule has 0 aliphatic heterocycles. The number of ether oxygens (including phenoxy) is 1. The molecule has 2 nitrogen and oxygen atoms in total. The summed E-state index contributed by atoms with van der Waals surface area (Å²) in [5.74, 6) is 1.12. The number of para-hydroxylation sites is 1. The minimum Gasteiger partial charge on any atom is -0.507 e. The second-order valence-electron chi connectivity index (χ2n) is 14.1. The van der Waals surface area contributed by atoms with Crippen LogP contribution in [0.1, 0.15) is 0 Å². The normalized spacial score (nSPS) is 11.0. The maximum absolute atomic E-state index is 10.7. The van der Waals surface area contributed by atoms with Gasteiger partial charge in [-0.25, -0.2) is 0 Å². The number of hydrogen-bond acceptors (Lipinski definition) is 2. The fourth-order valence-corrected chi connectivity index (χ4v) is 8.07. The number of methoxy groups -OCH3 is 1. The highest BCUT2D eigenvalue weighted by Crippen LogP contribution is 2.45. The number of hydrogen-bond donors (Lipinski definition) is 1. The van der Waals surface area contributed by atoms with E-state index in [0.29, 0.717) is 0 Å². The molecule has 272 valence electrons. The summed E-state index contributed by atoms with van der Waals surface area (Å²) in [5, 5.41) is 10.7. The van der Waals surface area contributed by atoms with Crippen LogP contribution in [0, 0.1) is 0 Å². The first kappa shape index (κ1) is 35.3. The molecule has 0 radical (unpaired) electrons. The minimum atomic E-state index is 0.276. The molecule has 0 aromatic heterocycles. The van der Waals surface area contributed by atoms with Crippen LogP contribution in [0.2, 0.25) is 0 Å². The lowest BCUT2D eigenvalue weighted by Gasteiger charge is -2.20. The van der Waals surface area contributed by atoms with Gasteiger partial charge in [0.15, 0.2) is 0 Å². The molecule has 0 saturated carbocycles. The third-order valence-electron chi connectivity index (χ3n) is 10.8. The summed E-state index contributed by atoms with van der Waals surface area (Å²) >= 11 is 0. The minimum absolute atomic E-state index is 0.276. The van der Waals surface area contributed by atoms with Crippen LogP contribution in [-0.2, 0) is 0 Å². The van der Waals surface area contributed by atoms with Crippen molar-refractivity contribution in [2.24, 2.45) is 0 Å². The number of benzene rings is 9. The van der Waals surface area contributed by atoms with Gasteiger partial charge in [0.25, 0.3) is 0 Å². The van der Waals surface area contributed by atoms with Gasteiger partial charge in [0.2, 0.25) is 0 Å². The van der Waals surface area contributed by atoms with Crippen LogP contribution in [-0.4, -0.2) is 12.2 Å².